The summed E-state index contributed by atoms with van der Waals surface area (Å²) in [5.41, 5.74) is 3.42. The molecule has 0 heterocycles. The van der Waals surface area contributed by atoms with E-state index in [1.54, 1.807) is 6.07 Å². The fraction of sp³-hybridized carbons (Fsp3) is 0.613. The molecule has 0 aromatic heterocycles. The monoisotopic (exact) mass is 534 g/mol. The molecule has 0 saturated heterocycles. The van der Waals surface area contributed by atoms with Crippen LogP contribution in [0.15, 0.2) is 42.5 Å². The van der Waals surface area contributed by atoms with Crippen LogP contribution in [-0.4, -0.2) is 20.4 Å². The Hall–Kier alpha value is -2.25. The van der Waals surface area contributed by atoms with Crippen LogP contribution in [0.5, 0.6) is 11.5 Å². The minimum atomic E-state index is -4.01. The second kappa shape index (κ2) is 13.7. The molecule has 2 fully saturated rings. The molecule has 38 heavy (non-hydrogen) atoms. The molecule has 2 aliphatic carbocycles. The predicted molar refractivity (Wildman–Crippen MR) is 142 cm³/mol. The molecule has 2 aromatic carbocycles. The number of rotatable bonds is 11. The fourth-order valence-electron chi connectivity index (χ4n) is 6.61. The Labute approximate surface area is 224 Å². The molecule has 7 heteroatoms. The van der Waals surface area contributed by atoms with Crippen LogP contribution in [0.2, 0.25) is 0 Å². The Morgan fingerprint density at radius 2 is 1.24 bits per heavy atom. The molecular weight excluding hydrogens is 493 g/mol. The highest BCUT2D eigenvalue weighted by Crippen LogP contribution is 2.45. The minimum absolute atomic E-state index is 0.284. The van der Waals surface area contributed by atoms with E-state index in [9.17, 15) is 13.2 Å². The minimum Gasteiger partial charge on any atom is -0.338 e. The van der Waals surface area contributed by atoms with Gasteiger partial charge in [-0.2, -0.15) is 22.9 Å². The summed E-state index contributed by atoms with van der Waals surface area (Å²) >= 11 is 0. The summed E-state index contributed by atoms with van der Waals surface area (Å²) in [6.07, 6.45) is 7.26. The summed E-state index contributed by atoms with van der Waals surface area (Å²) in [4.78, 5) is 20.0. The number of unbranched alkanes of at least 4 members (excludes halogenated alkanes) is 1. The highest BCUT2D eigenvalue weighted by atomic mass is 19.4. The van der Waals surface area contributed by atoms with Gasteiger partial charge >= 0.3 is 6.18 Å². The van der Waals surface area contributed by atoms with Gasteiger partial charge in [0.2, 0.25) is 0 Å². The Balaban J connectivity index is 1.24. The quantitative estimate of drug-likeness (QED) is 0.163. The molecule has 4 nitrogen and oxygen atoms in total. The summed E-state index contributed by atoms with van der Waals surface area (Å²) < 4.78 is 37.1. The Morgan fingerprint density at radius 3 is 1.76 bits per heavy atom. The zero-order valence-corrected chi connectivity index (χ0v) is 22.6. The van der Waals surface area contributed by atoms with E-state index in [1.807, 2.05) is 12.1 Å². The standard InChI is InChI=1S/C31H41F3O4/c1-35-37-29-19-28(20-30(21-29)38-36-2)27-16-14-26(15-17-27)25-12-10-24(11-13-25)23-8-6-22(7-9-23)5-3-4-18-31(32,33)34/h14-17,19-25H,3-13,18H2,1-2H3. The van der Waals surface area contributed by atoms with Gasteiger partial charge < -0.3 is 9.78 Å². The zero-order chi connectivity index (χ0) is 27.0. The van der Waals surface area contributed by atoms with Gasteiger partial charge in [-0.1, -0.05) is 49.9 Å². The first-order chi connectivity index (χ1) is 18.3. The summed E-state index contributed by atoms with van der Waals surface area (Å²) in [6, 6.07) is 14.3. The molecule has 2 saturated carbocycles. The van der Waals surface area contributed by atoms with E-state index in [-0.39, 0.29) is 6.42 Å². The lowest BCUT2D eigenvalue weighted by Gasteiger charge is -2.38. The lowest BCUT2D eigenvalue weighted by molar-refractivity contribution is -0.184. The molecule has 0 bridgehead atoms. The molecule has 0 atom stereocenters. The fourth-order valence-corrected chi connectivity index (χ4v) is 6.61. The van der Waals surface area contributed by atoms with Crippen LogP contribution in [0.4, 0.5) is 13.2 Å². The Kier molecular flexibility index (Phi) is 10.4. The largest absolute Gasteiger partial charge is 0.389 e. The van der Waals surface area contributed by atoms with Gasteiger partial charge in [-0.3, -0.25) is 0 Å². The predicted octanol–water partition coefficient (Wildman–Crippen LogP) is 9.44. The summed E-state index contributed by atoms with van der Waals surface area (Å²) in [5.74, 6) is 3.91. The highest BCUT2D eigenvalue weighted by molar-refractivity contribution is 5.67. The average Bonchev–Trinajstić information content (AvgIpc) is 2.91. The van der Waals surface area contributed by atoms with Crippen molar-refractivity contribution in [2.75, 3.05) is 14.2 Å². The molecule has 0 amide bonds. The van der Waals surface area contributed by atoms with Crippen LogP contribution in [0.25, 0.3) is 11.1 Å². The van der Waals surface area contributed by atoms with E-state index in [4.69, 9.17) is 19.6 Å². The maximum Gasteiger partial charge on any atom is 0.389 e. The molecule has 0 aliphatic heterocycles. The third-order valence-corrected chi connectivity index (χ3v) is 8.61. The van der Waals surface area contributed by atoms with Gasteiger partial charge in [-0.25, -0.2) is 0 Å². The second-order valence-corrected chi connectivity index (χ2v) is 11.1. The third-order valence-electron chi connectivity index (χ3n) is 8.61. The van der Waals surface area contributed by atoms with Gasteiger partial charge in [0.15, 0.2) is 11.5 Å². The van der Waals surface area contributed by atoms with Gasteiger partial charge in [-0.05, 0) is 97.4 Å². The average molecular weight is 535 g/mol. The summed E-state index contributed by atoms with van der Waals surface area (Å²) in [7, 11) is 2.93. The molecule has 0 unspecified atom stereocenters. The number of hydrogen-bond donors (Lipinski definition) is 0. The molecule has 2 aromatic rings. The molecule has 4 rings (SSSR count). The van der Waals surface area contributed by atoms with Crippen LogP contribution in [-0.2, 0) is 9.78 Å². The van der Waals surface area contributed by atoms with Crippen LogP contribution in [0, 0.1) is 17.8 Å². The van der Waals surface area contributed by atoms with Crippen molar-refractivity contribution in [3.63, 3.8) is 0 Å². The number of benzene rings is 2. The zero-order valence-electron chi connectivity index (χ0n) is 22.6. The molecule has 0 radical (unpaired) electrons. The maximum absolute atomic E-state index is 12.4. The lowest BCUT2D eigenvalue weighted by atomic mass is 9.68. The van der Waals surface area contributed by atoms with Crippen LogP contribution >= 0.6 is 0 Å². The molecular formula is C31H41F3O4. The van der Waals surface area contributed by atoms with Gasteiger partial charge in [0.1, 0.15) is 0 Å². The number of hydrogen-bond acceptors (Lipinski definition) is 4. The smallest absolute Gasteiger partial charge is 0.338 e. The van der Waals surface area contributed by atoms with Crippen molar-refractivity contribution in [2.24, 2.45) is 17.8 Å². The SMILES string of the molecule is COOc1cc(OOC)cc(-c2ccc(C3CCC(C4CCC(CCCCC(F)(F)F)CC4)CC3)cc2)c1. The summed E-state index contributed by atoms with van der Waals surface area (Å²) in [6.45, 7) is 0. The molecule has 210 valence electrons. The van der Waals surface area contributed by atoms with Crippen LogP contribution < -0.4 is 9.78 Å². The summed E-state index contributed by atoms with van der Waals surface area (Å²) in [5, 5.41) is 0. The van der Waals surface area contributed by atoms with E-state index in [0.717, 1.165) is 29.4 Å². The van der Waals surface area contributed by atoms with Gasteiger partial charge in [-0.15, -0.1) is 0 Å². The first-order valence-corrected chi connectivity index (χ1v) is 14.1. The van der Waals surface area contributed by atoms with Crippen molar-refractivity contribution in [1.82, 2.24) is 0 Å². The van der Waals surface area contributed by atoms with Crippen LogP contribution in [0.1, 0.15) is 88.5 Å². The lowest BCUT2D eigenvalue weighted by Crippen LogP contribution is -2.25. The first-order valence-electron chi connectivity index (χ1n) is 14.1. The molecule has 2 aliphatic rings. The van der Waals surface area contributed by atoms with E-state index >= 15 is 0 Å². The van der Waals surface area contributed by atoms with E-state index in [1.165, 1.54) is 71.1 Å². The highest BCUT2D eigenvalue weighted by Gasteiger charge is 2.31. The van der Waals surface area contributed by atoms with Crippen molar-refractivity contribution >= 4 is 0 Å². The van der Waals surface area contributed by atoms with Crippen molar-refractivity contribution in [2.45, 2.75) is 89.1 Å². The third kappa shape index (κ3) is 8.37. The van der Waals surface area contributed by atoms with Gasteiger partial charge in [0.25, 0.3) is 0 Å². The van der Waals surface area contributed by atoms with Crippen molar-refractivity contribution in [1.29, 1.82) is 0 Å². The van der Waals surface area contributed by atoms with Crippen LogP contribution in [0.3, 0.4) is 0 Å². The first kappa shape index (κ1) is 28.8. The van der Waals surface area contributed by atoms with Crippen molar-refractivity contribution < 1.29 is 32.7 Å². The maximum atomic E-state index is 12.4. The number of alkyl halides is 3. The van der Waals surface area contributed by atoms with E-state index in [0.29, 0.717) is 29.8 Å². The van der Waals surface area contributed by atoms with Crippen molar-refractivity contribution in [3.8, 4) is 22.6 Å². The molecule has 0 N–H and O–H groups in total. The molecule has 0 spiro atoms. The van der Waals surface area contributed by atoms with Crippen molar-refractivity contribution in [3.05, 3.63) is 48.0 Å². The Morgan fingerprint density at radius 1 is 0.684 bits per heavy atom. The normalized spacial score (nSPS) is 24.2. The van der Waals surface area contributed by atoms with Gasteiger partial charge in [0.05, 0.1) is 14.2 Å². The second-order valence-electron chi connectivity index (χ2n) is 11.1. The van der Waals surface area contributed by atoms with E-state index in [2.05, 4.69) is 24.3 Å². The van der Waals surface area contributed by atoms with Gasteiger partial charge in [0, 0.05) is 12.5 Å². The number of halogens is 3. The Bertz CT molecular complexity index is 951. The topological polar surface area (TPSA) is 36.9 Å². The van der Waals surface area contributed by atoms with E-state index < -0.39 is 12.6 Å².